The molecule has 0 saturated carbocycles. The molecule has 166 valence electrons. The number of hydrogen-bond donors (Lipinski definition) is 1. The first-order chi connectivity index (χ1) is 15.3. The van der Waals surface area contributed by atoms with Gasteiger partial charge in [0.2, 0.25) is 0 Å². The number of hydrogen-bond acceptors (Lipinski definition) is 5. The van der Waals surface area contributed by atoms with E-state index in [4.69, 9.17) is 0 Å². The van der Waals surface area contributed by atoms with Crippen LogP contribution >= 0.6 is 0 Å². The van der Waals surface area contributed by atoms with E-state index < -0.39 is 23.4 Å². The number of rotatable bonds is 3. The topological polar surface area (TPSA) is 71.2 Å². The Hall–Kier alpha value is -3.20. The van der Waals surface area contributed by atoms with E-state index in [0.717, 1.165) is 22.7 Å². The summed E-state index contributed by atoms with van der Waals surface area (Å²) in [6.07, 6.45) is 0.464. The van der Waals surface area contributed by atoms with Crippen molar-refractivity contribution in [3.05, 3.63) is 69.8 Å². The minimum absolute atomic E-state index is 0.300. The van der Waals surface area contributed by atoms with Crippen molar-refractivity contribution >= 4 is 5.69 Å². The smallest absolute Gasteiger partial charge is 0.391 e. The van der Waals surface area contributed by atoms with Crippen molar-refractivity contribution in [3.8, 4) is 16.9 Å². The van der Waals surface area contributed by atoms with Gasteiger partial charge in [-0.3, -0.25) is 9.78 Å². The van der Waals surface area contributed by atoms with E-state index in [9.17, 15) is 23.1 Å². The van der Waals surface area contributed by atoms with Gasteiger partial charge in [-0.2, -0.15) is 23.0 Å². The molecule has 6 nitrogen and oxygen atoms in total. The molecule has 1 aromatic carbocycles. The largest absolute Gasteiger partial charge is 0.418 e. The Balaban J connectivity index is 1.74. The molecule has 1 atom stereocenters. The molecule has 0 amide bonds. The summed E-state index contributed by atoms with van der Waals surface area (Å²) in [5, 5.41) is 14.3. The van der Waals surface area contributed by atoms with E-state index in [2.05, 4.69) is 10.1 Å². The number of alkyl halides is 3. The maximum Gasteiger partial charge on any atom is 0.418 e. The number of aliphatic hydroxyl groups is 1. The monoisotopic (exact) mass is 442 g/mol. The molecule has 3 aromatic rings. The maximum absolute atomic E-state index is 13.9. The van der Waals surface area contributed by atoms with Gasteiger partial charge in [0.05, 0.1) is 23.0 Å². The molecule has 0 bridgehead atoms. The Labute approximate surface area is 182 Å². The van der Waals surface area contributed by atoms with Crippen molar-refractivity contribution in [2.45, 2.75) is 38.0 Å². The molecule has 3 heterocycles. The SMILES string of the molecule is O=c1c2c(c(-c3ccncc3)nn1-c1cc(N3CCC(O)C3)ccc1C(F)(F)F)CCC2. The number of aliphatic hydroxyl groups excluding tert-OH is 1. The Morgan fingerprint density at radius 3 is 2.50 bits per heavy atom. The fourth-order valence-electron chi connectivity index (χ4n) is 4.59. The fourth-order valence-corrected chi connectivity index (χ4v) is 4.59. The van der Waals surface area contributed by atoms with Crippen LogP contribution < -0.4 is 10.5 Å². The summed E-state index contributed by atoms with van der Waals surface area (Å²) in [6, 6.07) is 7.20. The number of anilines is 1. The van der Waals surface area contributed by atoms with Crippen LogP contribution in [0.5, 0.6) is 0 Å². The number of pyridine rings is 1. The fraction of sp³-hybridized carbons (Fsp3) is 0.348. The quantitative estimate of drug-likeness (QED) is 0.674. The van der Waals surface area contributed by atoms with Gasteiger partial charge in [0.1, 0.15) is 0 Å². The lowest BCUT2D eigenvalue weighted by molar-refractivity contribution is -0.137. The van der Waals surface area contributed by atoms with Crippen molar-refractivity contribution in [2.24, 2.45) is 0 Å². The molecule has 0 spiro atoms. The first-order valence-electron chi connectivity index (χ1n) is 10.5. The second-order valence-corrected chi connectivity index (χ2v) is 8.20. The second kappa shape index (κ2) is 7.74. The molecule has 32 heavy (non-hydrogen) atoms. The molecule has 1 saturated heterocycles. The minimum Gasteiger partial charge on any atom is -0.391 e. The standard InChI is InChI=1S/C23H21F3N4O2/c24-23(25,26)19-5-4-15(29-11-8-16(31)13-29)12-20(19)30-22(32)18-3-1-2-17(18)21(28-30)14-6-9-27-10-7-14/h4-7,9-10,12,16,31H,1-3,8,11,13H2. The molecule has 2 aliphatic rings. The Morgan fingerprint density at radius 1 is 1.06 bits per heavy atom. The lowest BCUT2D eigenvalue weighted by atomic mass is 10.0. The third-order valence-electron chi connectivity index (χ3n) is 6.15. The molecule has 2 aromatic heterocycles. The normalized spacial score (nSPS) is 18.2. The van der Waals surface area contributed by atoms with E-state index in [1.54, 1.807) is 24.5 Å². The zero-order chi connectivity index (χ0) is 22.5. The Bertz CT molecular complexity index is 1220. The summed E-state index contributed by atoms with van der Waals surface area (Å²) in [5.41, 5.74) is 1.31. The number of fused-ring (bicyclic) bond motifs is 1. The van der Waals surface area contributed by atoms with Crippen molar-refractivity contribution in [1.82, 2.24) is 14.8 Å². The van der Waals surface area contributed by atoms with Crippen LogP contribution in [0, 0.1) is 0 Å². The van der Waals surface area contributed by atoms with Crippen LogP contribution in [0.2, 0.25) is 0 Å². The highest BCUT2D eigenvalue weighted by molar-refractivity contribution is 5.65. The van der Waals surface area contributed by atoms with Crippen LogP contribution in [-0.2, 0) is 19.0 Å². The number of nitrogens with zero attached hydrogens (tertiary/aromatic N) is 4. The van der Waals surface area contributed by atoms with E-state index in [-0.39, 0.29) is 5.69 Å². The summed E-state index contributed by atoms with van der Waals surface area (Å²) in [5.74, 6) is 0. The predicted molar refractivity (Wildman–Crippen MR) is 113 cm³/mol. The third kappa shape index (κ3) is 3.56. The van der Waals surface area contributed by atoms with Crippen molar-refractivity contribution in [3.63, 3.8) is 0 Å². The molecule has 1 unspecified atom stereocenters. The predicted octanol–water partition coefficient (Wildman–Crippen LogP) is 3.37. The van der Waals surface area contributed by atoms with Gasteiger partial charge in [-0.05, 0) is 61.6 Å². The molecule has 0 radical (unpaired) electrons. The van der Waals surface area contributed by atoms with E-state index in [1.165, 1.54) is 12.1 Å². The third-order valence-corrected chi connectivity index (χ3v) is 6.15. The van der Waals surface area contributed by atoms with E-state index in [1.807, 2.05) is 4.90 Å². The van der Waals surface area contributed by atoms with Crippen molar-refractivity contribution < 1.29 is 18.3 Å². The van der Waals surface area contributed by atoms with Gasteiger partial charge in [-0.25, -0.2) is 0 Å². The number of β-amino-alcohol motifs (C(OH)–C–C–N with tert-alkyl or cyclic N) is 1. The minimum atomic E-state index is -4.66. The van der Waals surface area contributed by atoms with Gasteiger partial charge < -0.3 is 10.0 Å². The van der Waals surface area contributed by atoms with Gasteiger partial charge in [-0.1, -0.05) is 0 Å². The van der Waals surface area contributed by atoms with Crippen molar-refractivity contribution in [1.29, 1.82) is 0 Å². The van der Waals surface area contributed by atoms with Gasteiger partial charge >= 0.3 is 6.18 Å². The Kier molecular flexibility index (Phi) is 5.00. The lowest BCUT2D eigenvalue weighted by Gasteiger charge is -2.22. The molecular formula is C23H21F3N4O2. The van der Waals surface area contributed by atoms with Gasteiger partial charge in [0, 0.05) is 42.3 Å². The summed E-state index contributed by atoms with van der Waals surface area (Å²) in [4.78, 5) is 19.1. The summed E-state index contributed by atoms with van der Waals surface area (Å²) >= 11 is 0. The number of halogens is 3. The van der Waals surface area contributed by atoms with E-state index in [0.29, 0.717) is 54.9 Å². The second-order valence-electron chi connectivity index (χ2n) is 8.20. The molecule has 1 aliphatic heterocycles. The molecule has 1 aliphatic carbocycles. The maximum atomic E-state index is 13.9. The highest BCUT2D eigenvalue weighted by atomic mass is 19.4. The molecule has 5 rings (SSSR count). The lowest BCUT2D eigenvalue weighted by Crippen LogP contribution is -2.29. The van der Waals surface area contributed by atoms with Gasteiger partial charge in [-0.15, -0.1) is 0 Å². The molecule has 1 N–H and O–H groups in total. The highest BCUT2D eigenvalue weighted by Crippen LogP contribution is 2.37. The van der Waals surface area contributed by atoms with Crippen LogP contribution in [0.1, 0.15) is 29.5 Å². The first kappa shape index (κ1) is 20.7. The summed E-state index contributed by atoms with van der Waals surface area (Å²) in [6.45, 7) is 0.861. The zero-order valence-electron chi connectivity index (χ0n) is 17.1. The average Bonchev–Trinajstić information content (AvgIpc) is 3.43. The highest BCUT2D eigenvalue weighted by Gasteiger charge is 2.36. The zero-order valence-corrected chi connectivity index (χ0v) is 17.1. The Morgan fingerprint density at radius 2 is 1.81 bits per heavy atom. The van der Waals surface area contributed by atoms with Gasteiger partial charge in [0.15, 0.2) is 0 Å². The molecular weight excluding hydrogens is 421 g/mol. The molecule has 9 heteroatoms. The van der Waals surface area contributed by atoms with Crippen LogP contribution in [0.25, 0.3) is 16.9 Å². The molecule has 1 fully saturated rings. The van der Waals surface area contributed by atoms with E-state index >= 15 is 0 Å². The summed E-state index contributed by atoms with van der Waals surface area (Å²) in [7, 11) is 0. The first-order valence-corrected chi connectivity index (χ1v) is 10.5. The van der Waals surface area contributed by atoms with Crippen LogP contribution in [-0.4, -0.2) is 39.1 Å². The number of benzene rings is 1. The summed E-state index contributed by atoms with van der Waals surface area (Å²) < 4.78 is 42.7. The van der Waals surface area contributed by atoms with Crippen LogP contribution in [0.4, 0.5) is 18.9 Å². The van der Waals surface area contributed by atoms with Crippen LogP contribution in [0.15, 0.2) is 47.5 Å². The number of aromatic nitrogens is 3. The van der Waals surface area contributed by atoms with Crippen LogP contribution in [0.3, 0.4) is 0 Å². The average molecular weight is 442 g/mol. The van der Waals surface area contributed by atoms with Gasteiger partial charge in [0.25, 0.3) is 5.56 Å². The van der Waals surface area contributed by atoms with Crippen molar-refractivity contribution in [2.75, 3.05) is 18.0 Å².